The molecule has 1 N–H and O–H groups in total. The molecule has 2 aromatic carbocycles. The minimum absolute atomic E-state index is 0.0325. The summed E-state index contributed by atoms with van der Waals surface area (Å²) in [5.41, 5.74) is 1.25. The monoisotopic (exact) mass is 402 g/mol. The molecule has 0 spiro atoms. The maximum absolute atomic E-state index is 13.0. The van der Waals surface area contributed by atoms with Gasteiger partial charge in [-0.1, -0.05) is 15.9 Å². The highest BCUT2D eigenvalue weighted by molar-refractivity contribution is 9.10. The summed E-state index contributed by atoms with van der Waals surface area (Å²) in [4.78, 5) is 10.6. The zero-order chi connectivity index (χ0) is 14.7. The largest absolute Gasteiger partial charge is 0.380 e. The summed E-state index contributed by atoms with van der Waals surface area (Å²) in [6, 6.07) is 9.10. The molecule has 0 amide bonds. The molecule has 0 saturated heterocycles. The van der Waals surface area contributed by atoms with Crippen LogP contribution in [0.15, 0.2) is 45.3 Å². The molecule has 2 rings (SSSR count). The first kappa shape index (κ1) is 14.9. The van der Waals surface area contributed by atoms with E-state index in [1.165, 1.54) is 18.2 Å². The fraction of sp³-hybridized carbons (Fsp3) is 0.0769. The Morgan fingerprint density at radius 3 is 2.60 bits per heavy atom. The van der Waals surface area contributed by atoms with Gasteiger partial charge in [-0.3, -0.25) is 10.1 Å². The van der Waals surface area contributed by atoms with Crippen LogP contribution in [-0.4, -0.2) is 4.92 Å². The van der Waals surface area contributed by atoms with E-state index in [0.29, 0.717) is 20.2 Å². The molecule has 104 valence electrons. The third-order valence-electron chi connectivity index (χ3n) is 2.64. The highest BCUT2D eigenvalue weighted by atomic mass is 79.9. The maximum atomic E-state index is 13.0. The van der Waals surface area contributed by atoms with Crippen molar-refractivity contribution in [3.63, 3.8) is 0 Å². The summed E-state index contributed by atoms with van der Waals surface area (Å²) in [5.74, 6) is -0.350. The molecule has 0 fully saturated rings. The number of halogens is 3. The molecule has 0 bridgehead atoms. The number of hydrogen-bond donors (Lipinski definition) is 1. The molecule has 0 aliphatic heterocycles. The molecule has 20 heavy (non-hydrogen) atoms. The Hall–Kier alpha value is -1.47. The molecule has 0 saturated carbocycles. The predicted octanol–water partition coefficient (Wildman–Crippen LogP) is 4.87. The number of benzene rings is 2. The minimum Gasteiger partial charge on any atom is -0.380 e. The zero-order valence-electron chi connectivity index (χ0n) is 10.1. The van der Waals surface area contributed by atoms with Gasteiger partial charge in [-0.15, -0.1) is 0 Å². The number of nitro benzene ring substituents is 1. The van der Waals surface area contributed by atoms with Gasteiger partial charge in [0.25, 0.3) is 5.69 Å². The maximum Gasteiger partial charge on any atom is 0.275 e. The third kappa shape index (κ3) is 3.55. The van der Waals surface area contributed by atoms with Gasteiger partial charge in [0, 0.05) is 32.8 Å². The third-order valence-corrected chi connectivity index (χ3v) is 3.79. The molecule has 0 atom stereocenters. The standard InChI is InChI=1S/C13H9Br2FN2O2/c14-9-2-1-8(13(5-9)18(19)20)7-17-12-4-3-10(16)6-11(12)15/h1-6,17H,7H2. The number of rotatable bonds is 4. The van der Waals surface area contributed by atoms with E-state index in [4.69, 9.17) is 0 Å². The van der Waals surface area contributed by atoms with E-state index in [0.717, 1.165) is 0 Å². The molecule has 2 aromatic rings. The topological polar surface area (TPSA) is 55.2 Å². The number of nitro groups is 1. The Balaban J connectivity index is 2.20. The zero-order valence-corrected chi connectivity index (χ0v) is 13.2. The van der Waals surface area contributed by atoms with Crippen LogP contribution in [0, 0.1) is 15.9 Å². The van der Waals surface area contributed by atoms with Gasteiger partial charge in [0.05, 0.1) is 4.92 Å². The normalized spacial score (nSPS) is 10.3. The van der Waals surface area contributed by atoms with Crippen molar-refractivity contribution < 1.29 is 9.31 Å². The van der Waals surface area contributed by atoms with E-state index in [9.17, 15) is 14.5 Å². The van der Waals surface area contributed by atoms with Crippen LogP contribution in [0.2, 0.25) is 0 Å². The first-order chi connectivity index (χ1) is 9.47. The van der Waals surface area contributed by atoms with Crippen LogP contribution in [0.3, 0.4) is 0 Å². The summed E-state index contributed by atoms with van der Waals surface area (Å²) in [6.45, 7) is 0.272. The Morgan fingerprint density at radius 2 is 1.95 bits per heavy atom. The Kier molecular flexibility index (Phi) is 4.72. The summed E-state index contributed by atoms with van der Waals surface area (Å²) >= 11 is 6.44. The van der Waals surface area contributed by atoms with E-state index in [1.54, 1.807) is 18.2 Å². The lowest BCUT2D eigenvalue weighted by atomic mass is 10.2. The van der Waals surface area contributed by atoms with Crippen molar-refractivity contribution in [2.24, 2.45) is 0 Å². The molecule has 0 heterocycles. The second kappa shape index (κ2) is 6.32. The van der Waals surface area contributed by atoms with E-state index in [2.05, 4.69) is 37.2 Å². The molecule has 0 unspecified atom stereocenters. The number of nitrogens with one attached hydrogen (secondary N) is 1. The van der Waals surface area contributed by atoms with Crippen molar-refractivity contribution in [1.29, 1.82) is 0 Å². The van der Waals surface area contributed by atoms with Crippen LogP contribution in [0.1, 0.15) is 5.56 Å². The summed E-state index contributed by atoms with van der Waals surface area (Å²) in [7, 11) is 0. The number of hydrogen-bond acceptors (Lipinski definition) is 3. The lowest BCUT2D eigenvalue weighted by Gasteiger charge is -2.09. The van der Waals surface area contributed by atoms with Crippen LogP contribution < -0.4 is 5.32 Å². The van der Waals surface area contributed by atoms with Gasteiger partial charge in [0.15, 0.2) is 0 Å². The van der Waals surface area contributed by atoms with E-state index < -0.39 is 4.92 Å². The molecule has 4 nitrogen and oxygen atoms in total. The smallest absolute Gasteiger partial charge is 0.275 e. The molecule has 0 aliphatic rings. The van der Waals surface area contributed by atoms with Gasteiger partial charge in [-0.2, -0.15) is 0 Å². The molecule has 7 heteroatoms. The van der Waals surface area contributed by atoms with Gasteiger partial charge >= 0.3 is 0 Å². The second-order valence-electron chi connectivity index (χ2n) is 4.01. The highest BCUT2D eigenvalue weighted by Crippen LogP contribution is 2.27. The van der Waals surface area contributed by atoms with Gasteiger partial charge in [-0.05, 0) is 46.3 Å². The molecular formula is C13H9Br2FN2O2. The van der Waals surface area contributed by atoms with Crippen LogP contribution in [-0.2, 0) is 6.54 Å². The predicted molar refractivity (Wildman–Crippen MR) is 82.2 cm³/mol. The van der Waals surface area contributed by atoms with Gasteiger partial charge in [0.1, 0.15) is 5.82 Å². The SMILES string of the molecule is O=[N+]([O-])c1cc(Br)ccc1CNc1ccc(F)cc1Br. The van der Waals surface area contributed by atoms with Crippen molar-refractivity contribution in [2.75, 3.05) is 5.32 Å². The number of nitrogens with zero attached hydrogens (tertiary/aromatic N) is 1. The van der Waals surface area contributed by atoms with E-state index in [1.807, 2.05) is 0 Å². The lowest BCUT2D eigenvalue weighted by Crippen LogP contribution is -2.03. The minimum atomic E-state index is -0.429. The molecule has 0 aromatic heterocycles. The second-order valence-corrected chi connectivity index (χ2v) is 5.78. The Bertz CT molecular complexity index is 665. The van der Waals surface area contributed by atoms with Crippen molar-refractivity contribution in [3.8, 4) is 0 Å². The van der Waals surface area contributed by atoms with E-state index in [-0.39, 0.29) is 18.0 Å². The quantitative estimate of drug-likeness (QED) is 0.585. The molecule has 0 radical (unpaired) electrons. The van der Waals surface area contributed by atoms with Gasteiger partial charge < -0.3 is 5.32 Å². The first-order valence-electron chi connectivity index (χ1n) is 5.59. The molecular weight excluding hydrogens is 395 g/mol. The van der Waals surface area contributed by atoms with Gasteiger partial charge in [-0.25, -0.2) is 4.39 Å². The average molecular weight is 404 g/mol. The highest BCUT2D eigenvalue weighted by Gasteiger charge is 2.14. The lowest BCUT2D eigenvalue weighted by molar-refractivity contribution is -0.385. The van der Waals surface area contributed by atoms with Crippen molar-refractivity contribution >= 4 is 43.2 Å². The summed E-state index contributed by atoms with van der Waals surface area (Å²) in [6.07, 6.45) is 0. The fourth-order valence-electron chi connectivity index (χ4n) is 1.68. The van der Waals surface area contributed by atoms with Gasteiger partial charge in [0.2, 0.25) is 0 Å². The summed E-state index contributed by atoms with van der Waals surface area (Å²) in [5, 5.41) is 14.0. The summed E-state index contributed by atoms with van der Waals surface area (Å²) < 4.78 is 14.2. The van der Waals surface area contributed by atoms with Crippen LogP contribution in [0.5, 0.6) is 0 Å². The number of anilines is 1. The van der Waals surface area contributed by atoms with Crippen molar-refractivity contribution in [2.45, 2.75) is 6.54 Å². The Morgan fingerprint density at radius 1 is 1.20 bits per heavy atom. The van der Waals surface area contributed by atoms with Crippen molar-refractivity contribution in [3.05, 3.63) is 66.8 Å². The van der Waals surface area contributed by atoms with Crippen LogP contribution >= 0.6 is 31.9 Å². The molecule has 0 aliphatic carbocycles. The van der Waals surface area contributed by atoms with Crippen LogP contribution in [0.25, 0.3) is 0 Å². The van der Waals surface area contributed by atoms with Crippen LogP contribution in [0.4, 0.5) is 15.8 Å². The van der Waals surface area contributed by atoms with Crippen molar-refractivity contribution in [1.82, 2.24) is 0 Å². The fourth-order valence-corrected chi connectivity index (χ4v) is 2.52. The first-order valence-corrected chi connectivity index (χ1v) is 7.17. The Labute approximate surface area is 131 Å². The average Bonchev–Trinajstić information content (AvgIpc) is 2.38. The van der Waals surface area contributed by atoms with E-state index >= 15 is 0 Å².